The van der Waals surface area contributed by atoms with Gasteiger partial charge in [-0.3, -0.25) is 4.98 Å². The summed E-state index contributed by atoms with van der Waals surface area (Å²) in [6.45, 7) is 0. The van der Waals surface area contributed by atoms with Crippen molar-refractivity contribution in [3.8, 4) is 0 Å². The first-order valence-corrected chi connectivity index (χ1v) is 6.53. The van der Waals surface area contributed by atoms with Crippen LogP contribution in [0, 0.1) is 5.82 Å². The predicted octanol–water partition coefficient (Wildman–Crippen LogP) is 3.89. The molecule has 0 saturated carbocycles. The monoisotopic (exact) mass is 271 g/mol. The first-order valence-electron chi connectivity index (χ1n) is 5.72. The Bertz CT molecular complexity index is 712. The molecule has 5 heteroatoms. The van der Waals surface area contributed by atoms with Crippen molar-refractivity contribution in [1.29, 1.82) is 0 Å². The van der Waals surface area contributed by atoms with E-state index in [1.54, 1.807) is 18.5 Å². The summed E-state index contributed by atoms with van der Waals surface area (Å²) >= 11 is 1.14. The minimum Gasteiger partial charge on any atom is -0.322 e. The number of anilines is 1. The fourth-order valence-corrected chi connectivity index (χ4v) is 2.39. The summed E-state index contributed by atoms with van der Waals surface area (Å²) in [7, 11) is 0. The fraction of sp³-hybridized carbons (Fsp3) is 0. The molecule has 1 aromatic carbocycles. The molecule has 3 aromatic rings. The van der Waals surface area contributed by atoms with Gasteiger partial charge in [0.25, 0.3) is 0 Å². The third-order valence-corrected chi connectivity index (χ3v) is 3.43. The van der Waals surface area contributed by atoms with Gasteiger partial charge in [0.05, 0.1) is 11.2 Å². The lowest BCUT2D eigenvalue weighted by molar-refractivity contribution is 0.588. The Balaban J connectivity index is 1.88. The number of rotatable bonds is 3. The van der Waals surface area contributed by atoms with Crippen LogP contribution in [-0.2, 0) is 0 Å². The second kappa shape index (κ2) is 5.24. The lowest BCUT2D eigenvalue weighted by Gasteiger charge is -2.07. The van der Waals surface area contributed by atoms with Crippen molar-refractivity contribution in [2.45, 2.75) is 5.03 Å². The zero-order valence-electron chi connectivity index (χ0n) is 9.88. The summed E-state index contributed by atoms with van der Waals surface area (Å²) in [6, 6.07) is 12.7. The molecule has 0 fully saturated rings. The number of fused-ring (bicyclic) bond motifs is 1. The zero-order valence-corrected chi connectivity index (χ0v) is 10.7. The summed E-state index contributed by atoms with van der Waals surface area (Å²) in [5.41, 5.74) is 1.70. The van der Waals surface area contributed by atoms with E-state index in [1.807, 2.05) is 30.3 Å². The van der Waals surface area contributed by atoms with Crippen molar-refractivity contribution in [3.63, 3.8) is 0 Å². The molecule has 0 radical (unpaired) electrons. The third-order valence-electron chi connectivity index (χ3n) is 2.62. The van der Waals surface area contributed by atoms with E-state index >= 15 is 0 Å². The average Bonchev–Trinajstić information content (AvgIpc) is 2.46. The molecule has 0 aliphatic carbocycles. The van der Waals surface area contributed by atoms with Crippen molar-refractivity contribution >= 4 is 28.5 Å². The van der Waals surface area contributed by atoms with Gasteiger partial charge >= 0.3 is 0 Å². The lowest BCUT2D eigenvalue weighted by Crippen LogP contribution is -1.93. The number of halogens is 1. The van der Waals surface area contributed by atoms with Crippen molar-refractivity contribution in [2.24, 2.45) is 0 Å². The van der Waals surface area contributed by atoms with Gasteiger partial charge in [0.2, 0.25) is 0 Å². The maximum absolute atomic E-state index is 13.5. The standard InChI is InChI=1S/C14H10FN3S/c15-11-6-3-9-17-14(11)19-18-12-7-1-4-10-5-2-8-16-13(10)12/h1-9,18H. The largest absolute Gasteiger partial charge is 0.322 e. The minimum absolute atomic E-state index is 0.315. The number of nitrogens with zero attached hydrogens (tertiary/aromatic N) is 2. The first-order chi connectivity index (χ1) is 9.34. The van der Waals surface area contributed by atoms with Crippen molar-refractivity contribution < 1.29 is 4.39 Å². The number of para-hydroxylation sites is 1. The number of hydrogen-bond acceptors (Lipinski definition) is 4. The Kier molecular flexibility index (Phi) is 3.29. The summed E-state index contributed by atoms with van der Waals surface area (Å²) in [4.78, 5) is 8.30. The Hall–Kier alpha value is -2.14. The van der Waals surface area contributed by atoms with Crippen LogP contribution in [0.25, 0.3) is 10.9 Å². The molecule has 0 amide bonds. The number of benzene rings is 1. The van der Waals surface area contributed by atoms with Crippen molar-refractivity contribution in [1.82, 2.24) is 9.97 Å². The molecule has 0 atom stereocenters. The molecule has 0 aliphatic heterocycles. The zero-order chi connectivity index (χ0) is 13.1. The SMILES string of the molecule is Fc1cccnc1SNc1cccc2cccnc12. The van der Waals surface area contributed by atoms with Crippen molar-refractivity contribution in [3.05, 3.63) is 60.7 Å². The molecular formula is C14H10FN3S. The predicted molar refractivity (Wildman–Crippen MR) is 75.4 cm³/mol. The van der Waals surface area contributed by atoms with E-state index in [2.05, 4.69) is 14.7 Å². The van der Waals surface area contributed by atoms with Crippen LogP contribution < -0.4 is 4.72 Å². The van der Waals surface area contributed by atoms with Gasteiger partial charge in [0, 0.05) is 29.7 Å². The highest BCUT2D eigenvalue weighted by atomic mass is 32.2. The highest BCUT2D eigenvalue weighted by Crippen LogP contribution is 2.26. The van der Waals surface area contributed by atoms with Gasteiger partial charge < -0.3 is 4.72 Å². The Morgan fingerprint density at radius 3 is 2.63 bits per heavy atom. The molecule has 1 N–H and O–H groups in total. The molecular weight excluding hydrogens is 261 g/mol. The van der Waals surface area contributed by atoms with E-state index in [-0.39, 0.29) is 5.82 Å². The first kappa shape index (κ1) is 11.9. The summed E-state index contributed by atoms with van der Waals surface area (Å²) in [5.74, 6) is -0.340. The molecule has 0 unspecified atom stereocenters. The summed E-state index contributed by atoms with van der Waals surface area (Å²) < 4.78 is 16.6. The normalized spacial score (nSPS) is 10.6. The number of hydrogen-bond donors (Lipinski definition) is 1. The third kappa shape index (κ3) is 2.51. The van der Waals surface area contributed by atoms with Gasteiger partial charge in [-0.05, 0) is 24.3 Å². The van der Waals surface area contributed by atoms with E-state index < -0.39 is 0 Å². The quantitative estimate of drug-likeness (QED) is 0.733. The van der Waals surface area contributed by atoms with Crippen LogP contribution in [0.5, 0.6) is 0 Å². The molecule has 0 saturated heterocycles. The van der Waals surface area contributed by atoms with E-state index in [4.69, 9.17) is 0 Å². The van der Waals surface area contributed by atoms with Crippen LogP contribution in [0.1, 0.15) is 0 Å². The number of aromatic nitrogens is 2. The van der Waals surface area contributed by atoms with Crippen LogP contribution in [0.15, 0.2) is 59.9 Å². The van der Waals surface area contributed by atoms with Crippen molar-refractivity contribution in [2.75, 3.05) is 4.72 Å². The van der Waals surface area contributed by atoms with Gasteiger partial charge in [-0.25, -0.2) is 9.37 Å². The van der Waals surface area contributed by atoms with E-state index in [0.29, 0.717) is 5.03 Å². The summed E-state index contributed by atoms with van der Waals surface area (Å²) in [6.07, 6.45) is 3.30. The van der Waals surface area contributed by atoms with Gasteiger partial charge in [-0.1, -0.05) is 18.2 Å². The molecule has 3 rings (SSSR count). The molecule has 0 aliphatic rings. The Labute approximate surface area is 114 Å². The highest BCUT2D eigenvalue weighted by Gasteiger charge is 2.05. The van der Waals surface area contributed by atoms with Crippen LogP contribution in [-0.4, -0.2) is 9.97 Å². The van der Waals surface area contributed by atoms with Gasteiger partial charge in [0.15, 0.2) is 10.8 Å². The minimum atomic E-state index is -0.340. The van der Waals surface area contributed by atoms with E-state index in [1.165, 1.54) is 6.07 Å². The second-order valence-electron chi connectivity index (χ2n) is 3.88. The molecule has 94 valence electrons. The number of pyridine rings is 2. The Morgan fingerprint density at radius 2 is 1.74 bits per heavy atom. The highest BCUT2D eigenvalue weighted by molar-refractivity contribution is 8.00. The van der Waals surface area contributed by atoms with Gasteiger partial charge in [0.1, 0.15) is 0 Å². The average molecular weight is 271 g/mol. The molecule has 0 spiro atoms. The van der Waals surface area contributed by atoms with E-state index in [0.717, 1.165) is 28.5 Å². The molecule has 19 heavy (non-hydrogen) atoms. The van der Waals surface area contributed by atoms with E-state index in [9.17, 15) is 4.39 Å². The van der Waals surface area contributed by atoms with Crippen LogP contribution in [0.4, 0.5) is 10.1 Å². The molecule has 2 aromatic heterocycles. The molecule has 2 heterocycles. The van der Waals surface area contributed by atoms with Gasteiger partial charge in [-0.15, -0.1) is 0 Å². The maximum atomic E-state index is 13.5. The van der Waals surface area contributed by atoms with Crippen LogP contribution in [0.3, 0.4) is 0 Å². The lowest BCUT2D eigenvalue weighted by atomic mass is 10.2. The molecule has 3 nitrogen and oxygen atoms in total. The topological polar surface area (TPSA) is 37.8 Å². The maximum Gasteiger partial charge on any atom is 0.157 e. The Morgan fingerprint density at radius 1 is 0.947 bits per heavy atom. The van der Waals surface area contributed by atoms with Crippen LogP contribution >= 0.6 is 11.9 Å². The van der Waals surface area contributed by atoms with Gasteiger partial charge in [-0.2, -0.15) is 0 Å². The summed E-state index contributed by atoms with van der Waals surface area (Å²) in [5, 5.41) is 1.35. The fourth-order valence-electron chi connectivity index (χ4n) is 1.74. The molecule has 0 bridgehead atoms. The van der Waals surface area contributed by atoms with Crippen LogP contribution in [0.2, 0.25) is 0 Å². The second-order valence-corrected chi connectivity index (χ2v) is 4.67. The number of nitrogens with one attached hydrogen (secondary N) is 1. The smallest absolute Gasteiger partial charge is 0.157 e.